The zero-order valence-corrected chi connectivity index (χ0v) is 12.2. The lowest BCUT2D eigenvalue weighted by atomic mass is 9.95. The van der Waals surface area contributed by atoms with Crippen LogP contribution in [0.4, 0.5) is 0 Å². The van der Waals surface area contributed by atoms with Crippen LogP contribution in [-0.4, -0.2) is 22.9 Å². The molecule has 4 nitrogen and oxygen atoms in total. The maximum Gasteiger partial charge on any atom is 0.215 e. The molecule has 0 atom stereocenters. The van der Waals surface area contributed by atoms with Crippen LogP contribution in [0, 0.1) is 0 Å². The van der Waals surface area contributed by atoms with Crippen LogP contribution in [0.2, 0.25) is 5.15 Å². The Bertz CT molecular complexity index is 645. The number of pyridine rings is 1. The van der Waals surface area contributed by atoms with Gasteiger partial charge < -0.3 is 9.30 Å². The number of aromatic nitrogens is 2. The van der Waals surface area contributed by atoms with Crippen LogP contribution < -0.4 is 4.74 Å². The van der Waals surface area contributed by atoms with E-state index >= 15 is 0 Å². The van der Waals surface area contributed by atoms with Gasteiger partial charge in [0.2, 0.25) is 5.88 Å². The van der Waals surface area contributed by atoms with Crippen molar-refractivity contribution in [1.29, 1.82) is 0 Å². The molecule has 0 spiro atoms. The number of carbonyl (C=O) groups is 1. The van der Waals surface area contributed by atoms with Gasteiger partial charge in [-0.05, 0) is 12.8 Å². The number of nitrogens with zero attached hydrogens (tertiary/aromatic N) is 2. The largest absolute Gasteiger partial charge is 0.481 e. The van der Waals surface area contributed by atoms with Crippen LogP contribution in [0.15, 0.2) is 12.3 Å². The Morgan fingerprint density at radius 3 is 2.80 bits per heavy atom. The number of hydrogen-bond donors (Lipinski definition) is 0. The molecule has 0 unspecified atom stereocenters. The molecule has 0 saturated heterocycles. The van der Waals surface area contributed by atoms with E-state index in [1.807, 2.05) is 6.07 Å². The van der Waals surface area contributed by atoms with Gasteiger partial charge in [0.1, 0.15) is 5.15 Å². The van der Waals surface area contributed by atoms with E-state index in [-0.39, 0.29) is 0 Å². The third kappa shape index (κ3) is 2.08. The third-order valence-corrected chi connectivity index (χ3v) is 4.49. The van der Waals surface area contributed by atoms with Crippen molar-refractivity contribution in [2.24, 2.45) is 0 Å². The summed E-state index contributed by atoms with van der Waals surface area (Å²) in [5.41, 5.74) is 1.47. The van der Waals surface area contributed by atoms with Crippen LogP contribution in [0.5, 0.6) is 5.88 Å². The van der Waals surface area contributed by atoms with Gasteiger partial charge in [0.05, 0.1) is 18.2 Å². The number of aldehydes is 1. The number of hydrogen-bond acceptors (Lipinski definition) is 3. The molecule has 20 heavy (non-hydrogen) atoms. The fourth-order valence-corrected chi connectivity index (χ4v) is 3.48. The first-order chi connectivity index (χ1) is 9.76. The van der Waals surface area contributed by atoms with Gasteiger partial charge in [0, 0.05) is 23.7 Å². The first-order valence-corrected chi connectivity index (χ1v) is 7.32. The van der Waals surface area contributed by atoms with Gasteiger partial charge in [-0.3, -0.25) is 4.79 Å². The summed E-state index contributed by atoms with van der Waals surface area (Å²) in [6.07, 6.45) is 8.39. The summed E-state index contributed by atoms with van der Waals surface area (Å²) in [7, 11) is 1.59. The molecule has 0 aromatic carbocycles. The van der Waals surface area contributed by atoms with E-state index in [4.69, 9.17) is 16.3 Å². The predicted octanol–water partition coefficient (Wildman–Crippen LogP) is 4.02. The molecule has 1 aliphatic rings. The average Bonchev–Trinajstić information content (AvgIpc) is 2.78. The zero-order valence-electron chi connectivity index (χ0n) is 11.4. The van der Waals surface area contributed by atoms with Crippen LogP contribution >= 0.6 is 11.6 Å². The molecular formula is C15H17ClN2O2. The van der Waals surface area contributed by atoms with Crippen molar-refractivity contribution in [3.05, 3.63) is 23.0 Å². The highest BCUT2D eigenvalue weighted by Gasteiger charge is 2.23. The lowest BCUT2D eigenvalue weighted by molar-refractivity contribution is 0.112. The molecule has 5 heteroatoms. The second-order valence-corrected chi connectivity index (χ2v) is 5.59. The lowest BCUT2D eigenvalue weighted by Gasteiger charge is -2.25. The number of carbonyl (C=O) groups excluding carboxylic acids is 1. The Morgan fingerprint density at radius 2 is 2.15 bits per heavy atom. The quantitative estimate of drug-likeness (QED) is 0.803. The van der Waals surface area contributed by atoms with Gasteiger partial charge in [-0.25, -0.2) is 4.98 Å². The van der Waals surface area contributed by atoms with E-state index < -0.39 is 0 Å². The van der Waals surface area contributed by atoms with Crippen molar-refractivity contribution in [3.63, 3.8) is 0 Å². The summed E-state index contributed by atoms with van der Waals surface area (Å²) < 4.78 is 7.28. The maximum absolute atomic E-state index is 11.3. The Hall–Kier alpha value is -1.55. The van der Waals surface area contributed by atoms with Crippen LogP contribution in [0.3, 0.4) is 0 Å². The third-order valence-electron chi connectivity index (χ3n) is 4.11. The van der Waals surface area contributed by atoms with Gasteiger partial charge in [-0.15, -0.1) is 0 Å². The zero-order chi connectivity index (χ0) is 14.1. The molecule has 1 aliphatic carbocycles. The minimum Gasteiger partial charge on any atom is -0.481 e. The average molecular weight is 293 g/mol. The normalized spacial score (nSPS) is 16.5. The predicted molar refractivity (Wildman–Crippen MR) is 78.8 cm³/mol. The highest BCUT2D eigenvalue weighted by molar-refractivity contribution is 6.34. The molecule has 1 saturated carbocycles. The van der Waals surface area contributed by atoms with E-state index in [0.29, 0.717) is 22.6 Å². The van der Waals surface area contributed by atoms with E-state index in [1.165, 1.54) is 19.3 Å². The van der Waals surface area contributed by atoms with Crippen molar-refractivity contribution in [2.75, 3.05) is 7.11 Å². The summed E-state index contributed by atoms with van der Waals surface area (Å²) in [6, 6.07) is 2.22. The molecule has 106 valence electrons. The minimum atomic E-state index is 0.361. The molecule has 2 aromatic rings. The highest BCUT2D eigenvalue weighted by Crippen LogP contribution is 2.38. The van der Waals surface area contributed by atoms with Gasteiger partial charge in [0.25, 0.3) is 0 Å². The topological polar surface area (TPSA) is 44.1 Å². The Balaban J connectivity index is 2.22. The van der Waals surface area contributed by atoms with Gasteiger partial charge >= 0.3 is 0 Å². The van der Waals surface area contributed by atoms with Crippen molar-refractivity contribution < 1.29 is 9.53 Å². The second-order valence-electron chi connectivity index (χ2n) is 5.23. The van der Waals surface area contributed by atoms with E-state index in [0.717, 1.165) is 30.0 Å². The number of methoxy groups -OCH3 is 1. The molecule has 1 fully saturated rings. The molecule has 0 amide bonds. The summed E-state index contributed by atoms with van der Waals surface area (Å²) in [5, 5.41) is 1.33. The molecular weight excluding hydrogens is 276 g/mol. The molecule has 0 aliphatic heterocycles. The standard InChI is InChI=1S/C15H17ClN2O2/c1-20-14-7-13-11(8-17-14)12(9-19)15(16)18(13)10-5-3-2-4-6-10/h7-10H,2-6H2,1H3. The monoisotopic (exact) mass is 292 g/mol. The number of rotatable bonds is 3. The van der Waals surface area contributed by atoms with Gasteiger partial charge in [-0.1, -0.05) is 30.9 Å². The van der Waals surface area contributed by atoms with Crippen molar-refractivity contribution in [2.45, 2.75) is 38.1 Å². The van der Waals surface area contributed by atoms with E-state index in [2.05, 4.69) is 9.55 Å². The summed E-state index contributed by atoms with van der Waals surface area (Å²) >= 11 is 6.44. The van der Waals surface area contributed by atoms with Crippen LogP contribution in [0.1, 0.15) is 48.5 Å². The Labute approximate surface area is 122 Å². The maximum atomic E-state index is 11.3. The van der Waals surface area contributed by atoms with Gasteiger partial charge in [0.15, 0.2) is 6.29 Å². The smallest absolute Gasteiger partial charge is 0.215 e. The molecule has 0 N–H and O–H groups in total. The number of ether oxygens (including phenoxy) is 1. The molecule has 0 radical (unpaired) electrons. The molecule has 2 aromatic heterocycles. The minimum absolute atomic E-state index is 0.361. The first kappa shape index (κ1) is 13.4. The van der Waals surface area contributed by atoms with Crippen LogP contribution in [-0.2, 0) is 0 Å². The SMILES string of the molecule is COc1cc2c(cn1)c(C=O)c(Cl)n2C1CCCCC1. The Morgan fingerprint density at radius 1 is 1.40 bits per heavy atom. The van der Waals surface area contributed by atoms with Gasteiger partial charge in [-0.2, -0.15) is 0 Å². The second kappa shape index (κ2) is 5.44. The van der Waals surface area contributed by atoms with Crippen LogP contribution in [0.25, 0.3) is 10.9 Å². The molecule has 2 heterocycles. The lowest BCUT2D eigenvalue weighted by Crippen LogP contribution is -2.12. The number of fused-ring (bicyclic) bond motifs is 1. The van der Waals surface area contributed by atoms with Crippen molar-refractivity contribution >= 4 is 28.8 Å². The highest BCUT2D eigenvalue weighted by atomic mass is 35.5. The van der Waals surface area contributed by atoms with Crippen molar-refractivity contribution in [1.82, 2.24) is 9.55 Å². The summed E-state index contributed by atoms with van der Waals surface area (Å²) in [6.45, 7) is 0. The first-order valence-electron chi connectivity index (χ1n) is 6.95. The number of halogens is 1. The summed E-state index contributed by atoms with van der Waals surface area (Å²) in [5.74, 6) is 0.543. The van der Waals surface area contributed by atoms with E-state index in [9.17, 15) is 4.79 Å². The fourth-order valence-electron chi connectivity index (χ4n) is 3.10. The Kier molecular flexibility index (Phi) is 3.66. The summed E-state index contributed by atoms with van der Waals surface area (Å²) in [4.78, 5) is 15.5. The van der Waals surface area contributed by atoms with E-state index in [1.54, 1.807) is 13.3 Å². The molecule has 0 bridgehead atoms. The van der Waals surface area contributed by atoms with Crippen molar-refractivity contribution in [3.8, 4) is 5.88 Å². The fraction of sp³-hybridized carbons (Fsp3) is 0.467. The molecule has 3 rings (SSSR count).